The Labute approximate surface area is 110 Å². The van der Waals surface area contributed by atoms with Crippen LogP contribution in [0.25, 0.3) is 0 Å². The molecule has 0 bridgehead atoms. The van der Waals surface area contributed by atoms with Crippen LogP contribution >= 0.6 is 11.8 Å². The minimum absolute atomic E-state index is 0.296. The summed E-state index contributed by atoms with van der Waals surface area (Å²) >= 11 is 1.38. The highest BCUT2D eigenvalue weighted by atomic mass is 32.2. The SMILES string of the molecule is CCNC(CSc1nnc(C)o1)(C(N)=O)C1CC1. The molecular weight excluding hydrogens is 252 g/mol. The van der Waals surface area contributed by atoms with Gasteiger partial charge in [0.05, 0.1) is 0 Å². The third-order valence-corrected chi connectivity index (χ3v) is 4.15. The fourth-order valence-electron chi connectivity index (χ4n) is 2.08. The van der Waals surface area contributed by atoms with E-state index in [9.17, 15) is 4.79 Å². The molecule has 1 atom stereocenters. The monoisotopic (exact) mass is 270 g/mol. The Hall–Kier alpha value is -1.08. The molecule has 3 N–H and O–H groups in total. The largest absolute Gasteiger partial charge is 0.416 e. The summed E-state index contributed by atoms with van der Waals surface area (Å²) in [5.74, 6) is 1.08. The summed E-state index contributed by atoms with van der Waals surface area (Å²) in [4.78, 5) is 11.8. The van der Waals surface area contributed by atoms with Crippen molar-refractivity contribution in [1.82, 2.24) is 15.5 Å². The van der Waals surface area contributed by atoms with Crippen LogP contribution < -0.4 is 11.1 Å². The van der Waals surface area contributed by atoms with Crippen molar-refractivity contribution in [3.05, 3.63) is 5.89 Å². The lowest BCUT2D eigenvalue weighted by atomic mass is 9.94. The van der Waals surface area contributed by atoms with Gasteiger partial charge in [-0.15, -0.1) is 10.2 Å². The van der Waals surface area contributed by atoms with E-state index in [1.54, 1.807) is 6.92 Å². The number of nitrogens with one attached hydrogen (secondary N) is 1. The van der Waals surface area contributed by atoms with E-state index >= 15 is 0 Å². The van der Waals surface area contributed by atoms with Crippen LogP contribution in [0.3, 0.4) is 0 Å². The Balaban J connectivity index is 2.07. The second-order valence-electron chi connectivity index (χ2n) is 4.52. The van der Waals surface area contributed by atoms with E-state index in [0.29, 0.717) is 29.3 Å². The van der Waals surface area contributed by atoms with E-state index in [0.717, 1.165) is 12.8 Å². The third kappa shape index (κ3) is 2.67. The molecule has 1 aromatic heterocycles. The third-order valence-electron chi connectivity index (χ3n) is 3.14. The van der Waals surface area contributed by atoms with Gasteiger partial charge in [-0.05, 0) is 25.3 Å². The molecule has 0 aliphatic heterocycles. The molecule has 0 saturated heterocycles. The van der Waals surface area contributed by atoms with Crippen molar-refractivity contribution in [2.45, 2.75) is 37.5 Å². The first-order valence-corrected chi connectivity index (χ1v) is 7.05. The van der Waals surface area contributed by atoms with Gasteiger partial charge in [0, 0.05) is 12.7 Å². The number of hydrogen-bond acceptors (Lipinski definition) is 6. The van der Waals surface area contributed by atoms with Crippen molar-refractivity contribution < 1.29 is 9.21 Å². The van der Waals surface area contributed by atoms with Gasteiger partial charge < -0.3 is 15.5 Å². The minimum Gasteiger partial charge on any atom is -0.416 e. The summed E-state index contributed by atoms with van der Waals surface area (Å²) in [6.07, 6.45) is 2.08. The first-order valence-electron chi connectivity index (χ1n) is 6.06. The lowest BCUT2D eigenvalue weighted by Gasteiger charge is -2.30. The van der Waals surface area contributed by atoms with E-state index in [4.69, 9.17) is 10.2 Å². The Bertz CT molecular complexity index is 432. The standard InChI is InChI=1S/C11H18N4O2S/c1-3-13-11(9(12)16,8-4-5-8)6-18-10-15-14-7(2)17-10/h8,13H,3-6H2,1-2H3,(H2,12,16). The number of carbonyl (C=O) groups is 1. The summed E-state index contributed by atoms with van der Waals surface area (Å²) in [6, 6.07) is 0. The van der Waals surface area contributed by atoms with Crippen molar-refractivity contribution in [1.29, 1.82) is 0 Å². The molecule has 1 aromatic rings. The fourth-order valence-corrected chi connectivity index (χ4v) is 3.19. The number of likely N-dealkylation sites (N-methyl/N-ethyl adjacent to an activating group) is 1. The van der Waals surface area contributed by atoms with E-state index in [-0.39, 0.29) is 5.91 Å². The van der Waals surface area contributed by atoms with E-state index in [1.165, 1.54) is 11.8 Å². The summed E-state index contributed by atoms with van der Waals surface area (Å²) in [6.45, 7) is 4.42. The second kappa shape index (κ2) is 5.27. The Morgan fingerprint density at radius 3 is 2.78 bits per heavy atom. The number of amides is 1. The van der Waals surface area contributed by atoms with E-state index < -0.39 is 5.54 Å². The lowest BCUT2D eigenvalue weighted by Crippen LogP contribution is -2.59. The zero-order chi connectivity index (χ0) is 13.2. The highest BCUT2D eigenvalue weighted by Gasteiger charge is 2.49. The Morgan fingerprint density at radius 1 is 1.61 bits per heavy atom. The number of aryl methyl sites for hydroxylation is 1. The topological polar surface area (TPSA) is 94.0 Å². The van der Waals surface area contributed by atoms with Crippen molar-refractivity contribution in [3.63, 3.8) is 0 Å². The summed E-state index contributed by atoms with van der Waals surface area (Å²) in [5.41, 5.74) is 4.94. The molecule has 1 unspecified atom stereocenters. The van der Waals surface area contributed by atoms with Crippen LogP contribution in [0.5, 0.6) is 0 Å². The summed E-state index contributed by atoms with van der Waals surface area (Å²) < 4.78 is 5.30. The Kier molecular flexibility index (Phi) is 3.91. The van der Waals surface area contributed by atoms with Crippen molar-refractivity contribution >= 4 is 17.7 Å². The summed E-state index contributed by atoms with van der Waals surface area (Å²) in [5, 5.41) is 11.4. The molecule has 0 radical (unpaired) electrons. The molecule has 18 heavy (non-hydrogen) atoms. The molecule has 1 heterocycles. The average Bonchev–Trinajstić information content (AvgIpc) is 3.08. The van der Waals surface area contributed by atoms with Crippen LogP contribution in [0.15, 0.2) is 9.64 Å². The van der Waals surface area contributed by atoms with Gasteiger partial charge in [-0.1, -0.05) is 18.7 Å². The van der Waals surface area contributed by atoms with Crippen LogP contribution in [-0.2, 0) is 4.79 Å². The molecule has 1 saturated carbocycles. The molecule has 1 aliphatic carbocycles. The van der Waals surface area contributed by atoms with Crippen LogP contribution in [0, 0.1) is 12.8 Å². The van der Waals surface area contributed by atoms with Gasteiger partial charge in [-0.2, -0.15) is 0 Å². The van der Waals surface area contributed by atoms with Crippen LogP contribution in [0.1, 0.15) is 25.7 Å². The zero-order valence-corrected chi connectivity index (χ0v) is 11.4. The number of primary amides is 1. The summed E-state index contributed by atoms with van der Waals surface area (Å²) in [7, 11) is 0. The normalized spacial score (nSPS) is 18.6. The lowest BCUT2D eigenvalue weighted by molar-refractivity contribution is -0.124. The molecule has 100 valence electrons. The molecule has 2 rings (SSSR count). The highest BCUT2D eigenvalue weighted by Crippen LogP contribution is 2.42. The van der Waals surface area contributed by atoms with E-state index in [1.807, 2.05) is 6.92 Å². The van der Waals surface area contributed by atoms with Crippen molar-refractivity contribution in [3.8, 4) is 0 Å². The number of carbonyl (C=O) groups excluding carboxylic acids is 1. The molecule has 1 aliphatic rings. The number of aromatic nitrogens is 2. The van der Waals surface area contributed by atoms with Crippen molar-refractivity contribution in [2.75, 3.05) is 12.3 Å². The fraction of sp³-hybridized carbons (Fsp3) is 0.727. The first-order chi connectivity index (χ1) is 8.58. The molecule has 6 nitrogen and oxygen atoms in total. The van der Waals surface area contributed by atoms with Crippen LogP contribution in [0.4, 0.5) is 0 Å². The Morgan fingerprint density at radius 2 is 2.33 bits per heavy atom. The zero-order valence-electron chi connectivity index (χ0n) is 10.6. The number of rotatable bonds is 7. The maximum Gasteiger partial charge on any atom is 0.276 e. The van der Waals surface area contributed by atoms with Gasteiger partial charge in [0.2, 0.25) is 11.8 Å². The average molecular weight is 270 g/mol. The highest BCUT2D eigenvalue weighted by molar-refractivity contribution is 7.99. The second-order valence-corrected chi connectivity index (χ2v) is 5.44. The molecule has 0 aromatic carbocycles. The molecule has 0 spiro atoms. The maximum absolute atomic E-state index is 11.8. The molecule has 1 fully saturated rings. The van der Waals surface area contributed by atoms with Gasteiger partial charge in [-0.25, -0.2) is 0 Å². The molecule has 7 heteroatoms. The number of nitrogens with zero attached hydrogens (tertiary/aromatic N) is 2. The minimum atomic E-state index is -0.651. The predicted molar refractivity (Wildman–Crippen MR) is 68.1 cm³/mol. The number of hydrogen-bond donors (Lipinski definition) is 2. The first kappa shape index (κ1) is 13.4. The van der Waals surface area contributed by atoms with Gasteiger partial charge in [0.25, 0.3) is 5.22 Å². The number of thioether (sulfide) groups is 1. The van der Waals surface area contributed by atoms with Gasteiger partial charge in [-0.3, -0.25) is 4.79 Å². The van der Waals surface area contributed by atoms with E-state index in [2.05, 4.69) is 15.5 Å². The van der Waals surface area contributed by atoms with Crippen LogP contribution in [0.2, 0.25) is 0 Å². The van der Waals surface area contributed by atoms with Gasteiger partial charge >= 0.3 is 0 Å². The predicted octanol–water partition coefficient (Wildman–Crippen LogP) is 0.714. The van der Waals surface area contributed by atoms with Gasteiger partial charge in [0.1, 0.15) is 5.54 Å². The van der Waals surface area contributed by atoms with Crippen LogP contribution in [-0.4, -0.2) is 33.9 Å². The number of nitrogens with two attached hydrogens (primary N) is 1. The van der Waals surface area contributed by atoms with Crippen molar-refractivity contribution in [2.24, 2.45) is 11.7 Å². The molecular formula is C11H18N4O2S. The van der Waals surface area contributed by atoms with Gasteiger partial charge in [0.15, 0.2) is 0 Å². The quantitative estimate of drug-likeness (QED) is 0.709. The molecule has 1 amide bonds. The smallest absolute Gasteiger partial charge is 0.276 e. The maximum atomic E-state index is 11.8.